The molecule has 3 rings (SSSR count). The summed E-state index contributed by atoms with van der Waals surface area (Å²) in [6.45, 7) is 0.583. The first kappa shape index (κ1) is 14.2. The number of carboxylic acid groups (broad SMARTS) is 1. The molecule has 2 aliphatic rings. The number of likely N-dealkylation sites (tertiary alicyclic amines) is 1. The zero-order valence-electron chi connectivity index (χ0n) is 11.1. The summed E-state index contributed by atoms with van der Waals surface area (Å²) in [5.41, 5.74) is -1.16. The second-order valence-electron chi connectivity index (χ2n) is 5.42. The van der Waals surface area contributed by atoms with Gasteiger partial charge in [-0.25, -0.2) is 4.79 Å². The Morgan fingerprint density at radius 3 is 2.48 bits per heavy atom. The number of piperidine rings is 1. The highest BCUT2D eigenvalue weighted by Gasteiger charge is 2.59. The van der Waals surface area contributed by atoms with Crippen molar-refractivity contribution in [2.75, 3.05) is 13.1 Å². The van der Waals surface area contributed by atoms with Gasteiger partial charge in [0.15, 0.2) is 0 Å². The predicted octanol–water partition coefficient (Wildman–Crippen LogP) is 3.29. The number of alkyl halides is 3. The molecule has 2 heterocycles. The fourth-order valence-electron chi connectivity index (χ4n) is 2.99. The Balaban J connectivity index is 1.79. The number of ether oxygens (including phenoxy) is 1. The molecule has 2 saturated heterocycles. The molecular formula is C14H14F3NO3. The van der Waals surface area contributed by atoms with Gasteiger partial charge in [0.2, 0.25) is 0 Å². The van der Waals surface area contributed by atoms with E-state index < -0.39 is 29.5 Å². The molecule has 114 valence electrons. The molecule has 2 aliphatic heterocycles. The van der Waals surface area contributed by atoms with Crippen LogP contribution in [0.15, 0.2) is 24.3 Å². The maximum Gasteiger partial charge on any atom is 0.416 e. The molecule has 4 nitrogen and oxygen atoms in total. The highest BCUT2D eigenvalue weighted by atomic mass is 19.4. The lowest BCUT2D eigenvalue weighted by atomic mass is 9.88. The third kappa shape index (κ3) is 2.46. The van der Waals surface area contributed by atoms with Crippen LogP contribution in [0.25, 0.3) is 0 Å². The van der Waals surface area contributed by atoms with Gasteiger partial charge in [0.25, 0.3) is 0 Å². The minimum Gasteiger partial charge on any atom is -0.465 e. The maximum atomic E-state index is 13.0. The molecule has 1 atom stereocenters. The molecular weight excluding hydrogens is 287 g/mol. The van der Waals surface area contributed by atoms with Crippen LogP contribution in [0.2, 0.25) is 0 Å². The first-order chi connectivity index (χ1) is 9.83. The van der Waals surface area contributed by atoms with Crippen LogP contribution in [0.1, 0.15) is 30.1 Å². The van der Waals surface area contributed by atoms with Gasteiger partial charge in [-0.3, -0.25) is 0 Å². The first-order valence-electron chi connectivity index (χ1n) is 6.65. The summed E-state index contributed by atoms with van der Waals surface area (Å²) in [5.74, 6) is 0. The van der Waals surface area contributed by atoms with Crippen molar-refractivity contribution in [2.45, 2.75) is 30.7 Å². The van der Waals surface area contributed by atoms with Crippen molar-refractivity contribution in [1.82, 2.24) is 4.90 Å². The molecule has 0 aromatic heterocycles. The highest BCUT2D eigenvalue weighted by Crippen LogP contribution is 2.57. The van der Waals surface area contributed by atoms with Gasteiger partial charge in [0, 0.05) is 13.1 Å². The van der Waals surface area contributed by atoms with Gasteiger partial charge in [0.1, 0.15) is 11.7 Å². The van der Waals surface area contributed by atoms with E-state index in [0.717, 1.165) is 6.07 Å². The van der Waals surface area contributed by atoms with Gasteiger partial charge in [-0.1, -0.05) is 18.2 Å². The number of hydrogen-bond donors (Lipinski definition) is 1. The fraction of sp³-hybridized carbons (Fsp3) is 0.500. The summed E-state index contributed by atoms with van der Waals surface area (Å²) >= 11 is 0. The van der Waals surface area contributed by atoms with Gasteiger partial charge in [-0.2, -0.15) is 13.2 Å². The standard InChI is InChI=1S/C14H14F3NO3/c15-14(16,17)10-4-2-1-3-9(10)11-13(21-11)5-7-18(8-6-13)12(19)20/h1-4,11H,5-8H2,(H,19,20). The minimum atomic E-state index is -4.41. The molecule has 1 N–H and O–H groups in total. The van der Waals surface area contributed by atoms with Gasteiger partial charge >= 0.3 is 12.3 Å². The van der Waals surface area contributed by atoms with Crippen LogP contribution in [-0.2, 0) is 10.9 Å². The Hall–Kier alpha value is -1.76. The SMILES string of the molecule is O=C(O)N1CCC2(CC1)OC2c1ccccc1C(F)(F)F. The van der Waals surface area contributed by atoms with Gasteiger partial charge in [0.05, 0.1) is 5.56 Å². The number of carbonyl (C=O) groups is 1. The molecule has 1 amide bonds. The average molecular weight is 301 g/mol. The molecule has 1 aromatic rings. The van der Waals surface area contributed by atoms with E-state index in [2.05, 4.69) is 0 Å². The van der Waals surface area contributed by atoms with Crippen molar-refractivity contribution in [2.24, 2.45) is 0 Å². The van der Waals surface area contributed by atoms with Crippen molar-refractivity contribution < 1.29 is 27.8 Å². The molecule has 21 heavy (non-hydrogen) atoms. The second-order valence-corrected chi connectivity index (χ2v) is 5.42. The topological polar surface area (TPSA) is 53.1 Å². The van der Waals surface area contributed by atoms with Crippen LogP contribution in [0.5, 0.6) is 0 Å². The lowest BCUT2D eigenvalue weighted by Gasteiger charge is -2.28. The molecule has 2 fully saturated rings. The molecule has 7 heteroatoms. The average Bonchev–Trinajstić information content (AvgIpc) is 3.12. The molecule has 0 aliphatic carbocycles. The third-order valence-electron chi connectivity index (χ3n) is 4.20. The first-order valence-corrected chi connectivity index (χ1v) is 6.65. The predicted molar refractivity (Wildman–Crippen MR) is 66.8 cm³/mol. The van der Waals surface area contributed by atoms with Crippen molar-refractivity contribution in [3.8, 4) is 0 Å². The summed E-state index contributed by atoms with van der Waals surface area (Å²) < 4.78 is 44.6. The van der Waals surface area contributed by atoms with Crippen molar-refractivity contribution in [3.63, 3.8) is 0 Å². The van der Waals surface area contributed by atoms with Crippen LogP contribution in [0, 0.1) is 0 Å². The van der Waals surface area contributed by atoms with Gasteiger partial charge < -0.3 is 14.7 Å². The lowest BCUT2D eigenvalue weighted by Crippen LogP contribution is -2.41. The van der Waals surface area contributed by atoms with Crippen molar-refractivity contribution in [1.29, 1.82) is 0 Å². The Morgan fingerprint density at radius 2 is 1.90 bits per heavy atom. The molecule has 0 bridgehead atoms. The quantitative estimate of drug-likeness (QED) is 0.810. The molecule has 0 saturated carbocycles. The number of nitrogens with zero attached hydrogens (tertiary/aromatic N) is 1. The zero-order chi connectivity index (χ0) is 15.3. The Kier molecular flexibility index (Phi) is 3.12. The molecule has 0 radical (unpaired) electrons. The monoisotopic (exact) mass is 301 g/mol. The molecule has 1 aromatic carbocycles. The summed E-state index contributed by atoms with van der Waals surface area (Å²) in [4.78, 5) is 12.1. The van der Waals surface area contributed by atoms with Crippen LogP contribution < -0.4 is 0 Å². The Morgan fingerprint density at radius 1 is 1.29 bits per heavy atom. The number of epoxide rings is 1. The maximum absolute atomic E-state index is 13.0. The number of amides is 1. The Labute approximate surface area is 119 Å². The molecule has 1 spiro atoms. The van der Waals surface area contributed by atoms with E-state index >= 15 is 0 Å². The van der Waals surface area contributed by atoms with Gasteiger partial charge in [-0.15, -0.1) is 0 Å². The fourth-order valence-corrected chi connectivity index (χ4v) is 2.99. The smallest absolute Gasteiger partial charge is 0.416 e. The van der Waals surface area contributed by atoms with Crippen molar-refractivity contribution >= 4 is 6.09 Å². The van der Waals surface area contributed by atoms with E-state index in [4.69, 9.17) is 9.84 Å². The van der Waals surface area contributed by atoms with E-state index in [1.807, 2.05) is 0 Å². The van der Waals surface area contributed by atoms with E-state index in [-0.39, 0.29) is 5.56 Å². The lowest BCUT2D eigenvalue weighted by molar-refractivity contribution is -0.138. The molecule has 1 unspecified atom stereocenters. The van der Waals surface area contributed by atoms with E-state index in [0.29, 0.717) is 25.9 Å². The summed E-state index contributed by atoms with van der Waals surface area (Å²) in [6.07, 6.45) is -5.15. The minimum absolute atomic E-state index is 0.147. The number of hydrogen-bond acceptors (Lipinski definition) is 2. The summed E-state index contributed by atoms with van der Waals surface area (Å²) in [5, 5.41) is 8.90. The number of halogens is 3. The number of rotatable bonds is 1. The number of benzene rings is 1. The highest BCUT2D eigenvalue weighted by molar-refractivity contribution is 5.65. The largest absolute Gasteiger partial charge is 0.465 e. The third-order valence-corrected chi connectivity index (χ3v) is 4.20. The van der Waals surface area contributed by atoms with Crippen molar-refractivity contribution in [3.05, 3.63) is 35.4 Å². The van der Waals surface area contributed by atoms with E-state index in [9.17, 15) is 18.0 Å². The van der Waals surface area contributed by atoms with Crippen LogP contribution in [-0.4, -0.2) is 34.8 Å². The van der Waals surface area contributed by atoms with Crippen LogP contribution in [0.3, 0.4) is 0 Å². The Bertz CT molecular complexity index is 565. The summed E-state index contributed by atoms with van der Waals surface area (Å²) in [6, 6.07) is 5.41. The van der Waals surface area contributed by atoms with Crippen LogP contribution in [0.4, 0.5) is 18.0 Å². The van der Waals surface area contributed by atoms with Gasteiger partial charge in [-0.05, 0) is 24.5 Å². The summed E-state index contributed by atoms with van der Waals surface area (Å²) in [7, 11) is 0. The second kappa shape index (κ2) is 4.62. The normalized spacial score (nSPS) is 24.1. The van der Waals surface area contributed by atoms with E-state index in [1.54, 1.807) is 6.07 Å². The van der Waals surface area contributed by atoms with E-state index in [1.165, 1.54) is 17.0 Å². The zero-order valence-corrected chi connectivity index (χ0v) is 11.1. The van der Waals surface area contributed by atoms with Crippen LogP contribution >= 0.6 is 0 Å².